The highest BCUT2D eigenvalue weighted by molar-refractivity contribution is 7.99. The first-order chi connectivity index (χ1) is 3.93. The topological polar surface area (TPSA) is 26.0 Å². The van der Waals surface area contributed by atoms with Crippen molar-refractivity contribution in [2.24, 2.45) is 5.73 Å². The van der Waals surface area contributed by atoms with Gasteiger partial charge in [0.05, 0.1) is 0 Å². The normalized spacial score (nSPS) is 30.4. The summed E-state index contributed by atoms with van der Waals surface area (Å²) in [5, 5.41) is 0.781. The maximum Gasteiger partial charge on any atom is 0.0170 e. The third-order valence-corrected chi connectivity index (χ3v) is 2.96. The molecule has 1 aliphatic rings. The second-order valence-corrected chi connectivity index (χ2v) is 3.63. The van der Waals surface area contributed by atoms with Crippen LogP contribution in [0.3, 0.4) is 0 Å². The van der Waals surface area contributed by atoms with Gasteiger partial charge in [0.1, 0.15) is 0 Å². The van der Waals surface area contributed by atoms with E-state index in [2.05, 4.69) is 0 Å². The van der Waals surface area contributed by atoms with Crippen LogP contribution in [0.4, 0.5) is 0 Å². The van der Waals surface area contributed by atoms with E-state index in [-0.39, 0.29) is 0 Å². The highest BCUT2D eigenvalue weighted by Crippen LogP contribution is 2.23. The van der Waals surface area contributed by atoms with E-state index >= 15 is 0 Å². The van der Waals surface area contributed by atoms with Crippen molar-refractivity contribution in [1.29, 1.82) is 0 Å². The fraction of sp³-hybridized carbons (Fsp3) is 1.00. The summed E-state index contributed by atoms with van der Waals surface area (Å²) in [5.41, 5.74) is 5.48. The molecule has 1 atom stereocenters. The number of nitrogens with two attached hydrogens (primary N) is 1. The van der Waals surface area contributed by atoms with Crippen LogP contribution in [0.15, 0.2) is 0 Å². The summed E-state index contributed by atoms with van der Waals surface area (Å²) in [6.07, 6.45) is 4.15. The molecular weight excluding hydrogens is 118 g/mol. The Balaban J connectivity index is 2.13. The molecule has 0 spiro atoms. The molecule has 1 nitrogen and oxygen atoms in total. The van der Waals surface area contributed by atoms with Crippen molar-refractivity contribution in [2.45, 2.75) is 24.5 Å². The van der Waals surface area contributed by atoms with Gasteiger partial charge in [-0.1, -0.05) is 6.42 Å². The molecule has 1 fully saturated rings. The Morgan fingerprint density at radius 1 is 1.50 bits per heavy atom. The van der Waals surface area contributed by atoms with E-state index in [0.29, 0.717) is 0 Å². The standard InChI is InChI=1S/C6H13NS/c7-5-6-3-1-2-4-8-6/h6H,1-5,7H2. The second-order valence-electron chi connectivity index (χ2n) is 2.22. The molecule has 1 unspecified atom stereocenters. The third-order valence-electron chi connectivity index (χ3n) is 1.54. The van der Waals surface area contributed by atoms with E-state index in [9.17, 15) is 0 Å². The van der Waals surface area contributed by atoms with E-state index < -0.39 is 0 Å². The quantitative estimate of drug-likeness (QED) is 0.579. The molecule has 1 aliphatic heterocycles. The zero-order chi connectivity index (χ0) is 5.82. The summed E-state index contributed by atoms with van der Waals surface area (Å²) in [6, 6.07) is 0. The first-order valence-corrected chi connectivity index (χ1v) is 4.30. The van der Waals surface area contributed by atoms with Crippen LogP contribution in [0.2, 0.25) is 0 Å². The summed E-state index contributed by atoms with van der Waals surface area (Å²) >= 11 is 2.04. The Hall–Kier alpha value is 0.310. The summed E-state index contributed by atoms with van der Waals surface area (Å²) < 4.78 is 0. The Morgan fingerprint density at radius 2 is 2.38 bits per heavy atom. The van der Waals surface area contributed by atoms with Gasteiger partial charge in [0.25, 0.3) is 0 Å². The van der Waals surface area contributed by atoms with Crippen molar-refractivity contribution >= 4 is 11.8 Å². The molecule has 0 saturated carbocycles. The Labute approximate surface area is 55.0 Å². The van der Waals surface area contributed by atoms with Gasteiger partial charge in [0, 0.05) is 11.8 Å². The molecule has 0 radical (unpaired) electrons. The number of thioether (sulfide) groups is 1. The molecule has 0 bridgehead atoms. The zero-order valence-corrected chi connectivity index (χ0v) is 5.91. The summed E-state index contributed by atoms with van der Waals surface area (Å²) in [6.45, 7) is 0.880. The average Bonchev–Trinajstić information content (AvgIpc) is 1.90. The lowest BCUT2D eigenvalue weighted by Gasteiger charge is -2.18. The van der Waals surface area contributed by atoms with Gasteiger partial charge < -0.3 is 5.73 Å². The van der Waals surface area contributed by atoms with Gasteiger partial charge in [-0.3, -0.25) is 0 Å². The van der Waals surface area contributed by atoms with Gasteiger partial charge in [-0.15, -0.1) is 0 Å². The molecule has 2 heteroatoms. The SMILES string of the molecule is NCC1CCCCS1. The molecular formula is C6H13NS. The lowest BCUT2D eigenvalue weighted by molar-refractivity contribution is 0.668. The first-order valence-electron chi connectivity index (χ1n) is 3.25. The van der Waals surface area contributed by atoms with Crippen LogP contribution < -0.4 is 5.73 Å². The molecule has 0 aromatic heterocycles. The highest BCUT2D eigenvalue weighted by atomic mass is 32.2. The van der Waals surface area contributed by atoms with Crippen molar-refractivity contribution in [2.75, 3.05) is 12.3 Å². The van der Waals surface area contributed by atoms with Crippen LogP contribution in [0.25, 0.3) is 0 Å². The fourth-order valence-corrected chi connectivity index (χ4v) is 2.17. The molecule has 1 saturated heterocycles. The first kappa shape index (κ1) is 6.43. The molecule has 48 valence electrons. The average molecular weight is 131 g/mol. The zero-order valence-electron chi connectivity index (χ0n) is 5.10. The summed E-state index contributed by atoms with van der Waals surface area (Å²) in [4.78, 5) is 0. The van der Waals surface area contributed by atoms with Crippen molar-refractivity contribution < 1.29 is 0 Å². The fourth-order valence-electron chi connectivity index (χ4n) is 0.993. The minimum atomic E-state index is 0.781. The van der Waals surface area contributed by atoms with Crippen LogP contribution in [0.1, 0.15) is 19.3 Å². The second kappa shape index (κ2) is 3.36. The summed E-state index contributed by atoms with van der Waals surface area (Å²) in [5.74, 6) is 1.34. The minimum Gasteiger partial charge on any atom is -0.329 e. The van der Waals surface area contributed by atoms with Gasteiger partial charge in [-0.25, -0.2) is 0 Å². The van der Waals surface area contributed by atoms with Crippen molar-refractivity contribution in [3.05, 3.63) is 0 Å². The predicted molar refractivity (Wildman–Crippen MR) is 39.2 cm³/mol. The van der Waals surface area contributed by atoms with Crippen LogP contribution >= 0.6 is 11.8 Å². The van der Waals surface area contributed by atoms with E-state index in [0.717, 1.165) is 11.8 Å². The molecule has 1 rings (SSSR count). The maximum atomic E-state index is 5.48. The van der Waals surface area contributed by atoms with Crippen molar-refractivity contribution in [3.63, 3.8) is 0 Å². The molecule has 8 heavy (non-hydrogen) atoms. The molecule has 2 N–H and O–H groups in total. The third kappa shape index (κ3) is 1.67. The minimum absolute atomic E-state index is 0.781. The molecule has 0 amide bonds. The van der Waals surface area contributed by atoms with Crippen LogP contribution in [-0.2, 0) is 0 Å². The predicted octanol–water partition coefficient (Wildman–Crippen LogP) is 1.23. The van der Waals surface area contributed by atoms with E-state index in [1.165, 1.54) is 25.0 Å². The van der Waals surface area contributed by atoms with Crippen LogP contribution in [-0.4, -0.2) is 17.5 Å². The number of hydrogen-bond donors (Lipinski definition) is 1. The van der Waals surface area contributed by atoms with Gasteiger partial charge >= 0.3 is 0 Å². The molecule has 0 aliphatic carbocycles. The molecule has 0 aromatic rings. The van der Waals surface area contributed by atoms with Gasteiger partial charge in [0.15, 0.2) is 0 Å². The Kier molecular flexibility index (Phi) is 2.70. The molecule has 1 heterocycles. The lowest BCUT2D eigenvalue weighted by atomic mass is 10.2. The number of rotatable bonds is 1. The van der Waals surface area contributed by atoms with E-state index in [1.807, 2.05) is 11.8 Å². The Bertz CT molecular complexity index is 59.5. The Morgan fingerprint density at radius 3 is 2.75 bits per heavy atom. The van der Waals surface area contributed by atoms with Crippen LogP contribution in [0.5, 0.6) is 0 Å². The van der Waals surface area contributed by atoms with Gasteiger partial charge in [0.2, 0.25) is 0 Å². The largest absolute Gasteiger partial charge is 0.329 e. The number of hydrogen-bond acceptors (Lipinski definition) is 2. The smallest absolute Gasteiger partial charge is 0.0170 e. The summed E-state index contributed by atoms with van der Waals surface area (Å²) in [7, 11) is 0. The van der Waals surface area contributed by atoms with Gasteiger partial charge in [-0.2, -0.15) is 11.8 Å². The molecule has 0 aromatic carbocycles. The highest BCUT2D eigenvalue weighted by Gasteiger charge is 2.10. The lowest BCUT2D eigenvalue weighted by Crippen LogP contribution is -2.19. The van der Waals surface area contributed by atoms with Crippen LogP contribution in [0, 0.1) is 0 Å². The van der Waals surface area contributed by atoms with E-state index in [4.69, 9.17) is 5.73 Å². The monoisotopic (exact) mass is 131 g/mol. The van der Waals surface area contributed by atoms with E-state index in [1.54, 1.807) is 0 Å². The van der Waals surface area contributed by atoms with Crippen molar-refractivity contribution in [3.8, 4) is 0 Å². The van der Waals surface area contributed by atoms with Crippen molar-refractivity contribution in [1.82, 2.24) is 0 Å². The van der Waals surface area contributed by atoms with Gasteiger partial charge in [-0.05, 0) is 18.6 Å². The maximum absolute atomic E-state index is 5.48.